The molecule has 0 fully saturated rings. The first-order valence-electron chi connectivity index (χ1n) is 8.25. The van der Waals surface area contributed by atoms with Crippen LogP contribution in [-0.2, 0) is 0 Å². The highest BCUT2D eigenvalue weighted by molar-refractivity contribution is 5.94. The van der Waals surface area contributed by atoms with Crippen LogP contribution in [0.15, 0.2) is 72.8 Å². The van der Waals surface area contributed by atoms with Crippen molar-refractivity contribution in [1.29, 1.82) is 0 Å². The summed E-state index contributed by atoms with van der Waals surface area (Å²) in [5.74, 6) is 0.0800. The number of hydrogen-bond donors (Lipinski definition) is 3. The Bertz CT molecular complexity index is 1070. The summed E-state index contributed by atoms with van der Waals surface area (Å²) in [6.45, 7) is 0. The van der Waals surface area contributed by atoms with Gasteiger partial charge < -0.3 is 15.3 Å². The first kappa shape index (κ1) is 16.5. The molecular weight excluding hydrogens is 342 g/mol. The van der Waals surface area contributed by atoms with E-state index >= 15 is 0 Å². The zero-order valence-electron chi connectivity index (χ0n) is 14.1. The van der Waals surface area contributed by atoms with Crippen molar-refractivity contribution in [2.24, 2.45) is 0 Å². The van der Waals surface area contributed by atoms with Crippen molar-refractivity contribution in [2.75, 3.05) is 0 Å². The van der Waals surface area contributed by atoms with Gasteiger partial charge in [-0.25, -0.2) is 0 Å². The van der Waals surface area contributed by atoms with E-state index in [4.69, 9.17) is 0 Å². The summed E-state index contributed by atoms with van der Waals surface area (Å²) in [5, 5.41) is 43.2. The van der Waals surface area contributed by atoms with Crippen LogP contribution < -0.4 is 0 Å². The van der Waals surface area contributed by atoms with Crippen molar-refractivity contribution < 1.29 is 15.3 Å². The zero-order chi connectivity index (χ0) is 18.8. The third kappa shape index (κ3) is 2.93. The fraction of sp³-hybridized carbons (Fsp3) is 0. The molecule has 0 aliphatic carbocycles. The summed E-state index contributed by atoms with van der Waals surface area (Å²) < 4.78 is 0. The molecule has 0 spiro atoms. The molecule has 4 rings (SSSR count). The summed E-state index contributed by atoms with van der Waals surface area (Å²) in [6.07, 6.45) is 0. The summed E-state index contributed by atoms with van der Waals surface area (Å²) >= 11 is 0. The SMILES string of the molecule is Oc1ccccc1-c1nnnc(-c2ccccc2O)c1-c1ccccc1O. The fourth-order valence-electron chi connectivity index (χ4n) is 2.99. The number of benzene rings is 3. The van der Waals surface area contributed by atoms with Crippen molar-refractivity contribution in [3.8, 4) is 50.9 Å². The molecule has 132 valence electrons. The highest BCUT2D eigenvalue weighted by Gasteiger charge is 2.22. The number of para-hydroxylation sites is 3. The minimum atomic E-state index is 0.0258. The van der Waals surface area contributed by atoms with Gasteiger partial charge in [-0.1, -0.05) is 42.5 Å². The third-order valence-corrected chi connectivity index (χ3v) is 4.25. The van der Waals surface area contributed by atoms with Gasteiger partial charge in [0.05, 0.1) is 0 Å². The number of phenols is 3. The van der Waals surface area contributed by atoms with Crippen molar-refractivity contribution in [1.82, 2.24) is 15.4 Å². The van der Waals surface area contributed by atoms with Gasteiger partial charge in [0.1, 0.15) is 28.6 Å². The largest absolute Gasteiger partial charge is 0.507 e. The molecule has 3 aromatic carbocycles. The smallest absolute Gasteiger partial charge is 0.125 e. The molecule has 0 saturated heterocycles. The third-order valence-electron chi connectivity index (χ3n) is 4.25. The molecule has 4 aromatic rings. The highest BCUT2D eigenvalue weighted by atomic mass is 16.3. The van der Waals surface area contributed by atoms with Gasteiger partial charge in [0, 0.05) is 22.3 Å². The molecule has 1 heterocycles. The Labute approximate surface area is 155 Å². The maximum atomic E-state index is 10.4. The molecule has 0 aliphatic rings. The van der Waals surface area contributed by atoms with E-state index in [1.54, 1.807) is 72.8 Å². The van der Waals surface area contributed by atoms with Crippen LogP contribution >= 0.6 is 0 Å². The zero-order valence-corrected chi connectivity index (χ0v) is 14.1. The predicted molar refractivity (Wildman–Crippen MR) is 101 cm³/mol. The molecule has 0 atom stereocenters. The maximum Gasteiger partial charge on any atom is 0.125 e. The molecule has 0 radical (unpaired) electrons. The Kier molecular flexibility index (Phi) is 4.14. The van der Waals surface area contributed by atoms with Crippen LogP contribution in [0.5, 0.6) is 17.2 Å². The topological polar surface area (TPSA) is 99.4 Å². The quantitative estimate of drug-likeness (QED) is 0.513. The van der Waals surface area contributed by atoms with Gasteiger partial charge in [-0.2, -0.15) is 0 Å². The summed E-state index contributed by atoms with van der Waals surface area (Å²) in [4.78, 5) is 0. The molecule has 1 aromatic heterocycles. The van der Waals surface area contributed by atoms with Crippen molar-refractivity contribution in [3.05, 3.63) is 72.8 Å². The van der Waals surface area contributed by atoms with Gasteiger partial charge in [-0.15, -0.1) is 10.2 Å². The Morgan fingerprint density at radius 1 is 0.481 bits per heavy atom. The minimum absolute atomic E-state index is 0.0258. The van der Waals surface area contributed by atoms with Gasteiger partial charge in [0.25, 0.3) is 0 Å². The van der Waals surface area contributed by atoms with Crippen LogP contribution in [-0.4, -0.2) is 30.7 Å². The van der Waals surface area contributed by atoms with E-state index < -0.39 is 0 Å². The number of aromatic nitrogens is 3. The molecule has 0 saturated carbocycles. The Balaban J connectivity index is 2.10. The van der Waals surface area contributed by atoms with Crippen molar-refractivity contribution >= 4 is 0 Å². The van der Waals surface area contributed by atoms with Gasteiger partial charge in [0.15, 0.2) is 0 Å². The average Bonchev–Trinajstić information content (AvgIpc) is 2.69. The molecule has 0 aliphatic heterocycles. The maximum absolute atomic E-state index is 10.4. The lowest BCUT2D eigenvalue weighted by molar-refractivity contribution is 0.475. The van der Waals surface area contributed by atoms with Crippen molar-refractivity contribution in [3.63, 3.8) is 0 Å². The van der Waals surface area contributed by atoms with Crippen LogP contribution in [0.4, 0.5) is 0 Å². The first-order chi connectivity index (χ1) is 13.2. The standard InChI is InChI=1S/C21H15N3O3/c25-16-10-4-1-7-13(16)19-20(14-8-2-5-11-17(14)26)22-24-23-21(19)15-9-3-6-12-18(15)27/h1-12,25-27H. The Morgan fingerprint density at radius 2 is 0.852 bits per heavy atom. The van der Waals surface area contributed by atoms with E-state index in [9.17, 15) is 15.3 Å². The van der Waals surface area contributed by atoms with Gasteiger partial charge in [-0.3, -0.25) is 0 Å². The fourth-order valence-corrected chi connectivity index (χ4v) is 2.99. The second kappa shape index (κ2) is 6.76. The van der Waals surface area contributed by atoms with Gasteiger partial charge in [0.2, 0.25) is 0 Å². The second-order valence-electron chi connectivity index (χ2n) is 5.91. The molecule has 6 heteroatoms. The van der Waals surface area contributed by atoms with Crippen LogP contribution in [0, 0.1) is 0 Å². The Hall–Kier alpha value is -3.93. The summed E-state index contributed by atoms with van der Waals surface area (Å²) in [6, 6.07) is 20.2. The number of rotatable bonds is 3. The van der Waals surface area contributed by atoms with E-state index in [2.05, 4.69) is 15.4 Å². The molecule has 0 bridgehead atoms. The van der Waals surface area contributed by atoms with Gasteiger partial charge in [-0.05, 0) is 35.5 Å². The molecular formula is C21H15N3O3. The van der Waals surface area contributed by atoms with Crippen LogP contribution in [0.2, 0.25) is 0 Å². The van der Waals surface area contributed by atoms with Gasteiger partial charge >= 0.3 is 0 Å². The average molecular weight is 357 g/mol. The number of hydrogen-bond acceptors (Lipinski definition) is 6. The normalized spacial score (nSPS) is 10.7. The summed E-state index contributed by atoms with van der Waals surface area (Å²) in [5.41, 5.74) is 2.53. The van der Waals surface area contributed by atoms with Crippen LogP contribution in [0.25, 0.3) is 33.6 Å². The molecule has 0 unspecified atom stereocenters. The summed E-state index contributed by atoms with van der Waals surface area (Å²) in [7, 11) is 0. The number of nitrogens with zero attached hydrogens (tertiary/aromatic N) is 3. The molecule has 3 N–H and O–H groups in total. The lowest BCUT2D eigenvalue weighted by Gasteiger charge is -2.15. The minimum Gasteiger partial charge on any atom is -0.507 e. The first-order valence-corrected chi connectivity index (χ1v) is 8.25. The molecule has 6 nitrogen and oxygen atoms in total. The molecule has 0 amide bonds. The van der Waals surface area contributed by atoms with E-state index in [-0.39, 0.29) is 17.2 Å². The van der Waals surface area contributed by atoms with Crippen LogP contribution in [0.3, 0.4) is 0 Å². The van der Waals surface area contributed by atoms with E-state index in [0.717, 1.165) is 0 Å². The number of phenolic OH excluding ortho intramolecular Hbond substituents is 3. The van der Waals surface area contributed by atoms with Crippen LogP contribution in [0.1, 0.15) is 0 Å². The second-order valence-corrected chi connectivity index (χ2v) is 5.91. The highest BCUT2D eigenvalue weighted by Crippen LogP contribution is 2.44. The van der Waals surface area contributed by atoms with Crippen molar-refractivity contribution in [2.45, 2.75) is 0 Å². The van der Waals surface area contributed by atoms with E-state index in [1.165, 1.54) is 0 Å². The monoisotopic (exact) mass is 357 g/mol. The molecule has 27 heavy (non-hydrogen) atoms. The number of aromatic hydroxyl groups is 3. The Morgan fingerprint density at radius 3 is 1.26 bits per heavy atom. The van der Waals surface area contributed by atoms with E-state index in [0.29, 0.717) is 33.6 Å². The lowest BCUT2D eigenvalue weighted by Crippen LogP contribution is -2.00. The van der Waals surface area contributed by atoms with E-state index in [1.807, 2.05) is 0 Å². The lowest BCUT2D eigenvalue weighted by atomic mass is 9.93. The predicted octanol–water partition coefficient (Wildman–Crippen LogP) is 3.99.